The van der Waals surface area contributed by atoms with Crippen molar-refractivity contribution >= 4 is 27.5 Å². The van der Waals surface area contributed by atoms with Crippen LogP contribution >= 0.6 is 27.5 Å². The van der Waals surface area contributed by atoms with E-state index in [0.717, 1.165) is 4.47 Å². The van der Waals surface area contributed by atoms with Crippen molar-refractivity contribution in [1.29, 1.82) is 0 Å². The van der Waals surface area contributed by atoms with Crippen LogP contribution in [-0.4, -0.2) is 5.11 Å². The van der Waals surface area contributed by atoms with Crippen LogP contribution in [0.15, 0.2) is 40.9 Å². The Bertz CT molecular complexity index is 602. The van der Waals surface area contributed by atoms with Crippen molar-refractivity contribution in [3.05, 3.63) is 57.3 Å². The van der Waals surface area contributed by atoms with E-state index in [4.69, 9.17) is 16.3 Å². The summed E-state index contributed by atoms with van der Waals surface area (Å²) in [5.74, 6) is 0.237. The van der Waals surface area contributed by atoms with Gasteiger partial charge < -0.3 is 9.84 Å². The van der Waals surface area contributed by atoms with Crippen molar-refractivity contribution in [2.45, 2.75) is 13.0 Å². The molecule has 0 amide bonds. The molecule has 0 aliphatic heterocycles. The van der Waals surface area contributed by atoms with Gasteiger partial charge in [0.2, 0.25) is 0 Å². The van der Waals surface area contributed by atoms with E-state index in [1.165, 1.54) is 12.1 Å². The van der Waals surface area contributed by atoms with Crippen LogP contribution in [0.3, 0.4) is 0 Å². The Kier molecular flexibility index (Phi) is 4.45. The summed E-state index contributed by atoms with van der Waals surface area (Å²) in [5.41, 5.74) is 0.624. The first-order valence-corrected chi connectivity index (χ1v) is 6.75. The van der Waals surface area contributed by atoms with Crippen LogP contribution in [-0.2, 0) is 0 Å². The van der Waals surface area contributed by atoms with Gasteiger partial charge in [0, 0.05) is 16.1 Å². The van der Waals surface area contributed by atoms with E-state index in [9.17, 15) is 9.50 Å². The van der Waals surface area contributed by atoms with Gasteiger partial charge in [0.15, 0.2) is 0 Å². The van der Waals surface area contributed by atoms with E-state index in [1.54, 1.807) is 31.2 Å². The second kappa shape index (κ2) is 5.90. The molecule has 100 valence electrons. The van der Waals surface area contributed by atoms with Crippen molar-refractivity contribution in [1.82, 2.24) is 0 Å². The molecule has 2 nitrogen and oxygen atoms in total. The molecule has 0 radical (unpaired) electrons. The molecular formula is C14H11BrClFO2. The lowest BCUT2D eigenvalue weighted by Gasteiger charge is -2.13. The molecule has 19 heavy (non-hydrogen) atoms. The number of hydrogen-bond donors (Lipinski definition) is 1. The van der Waals surface area contributed by atoms with E-state index in [-0.39, 0.29) is 5.02 Å². The van der Waals surface area contributed by atoms with Crippen LogP contribution in [0, 0.1) is 5.82 Å². The first kappa shape index (κ1) is 14.3. The molecule has 0 fully saturated rings. The second-order valence-corrected chi connectivity index (χ2v) is 5.36. The molecule has 0 spiro atoms. The molecule has 1 N–H and O–H groups in total. The third-order valence-electron chi connectivity index (χ3n) is 2.54. The summed E-state index contributed by atoms with van der Waals surface area (Å²) in [6, 6.07) is 9.46. The Morgan fingerprint density at radius 2 is 2.00 bits per heavy atom. The van der Waals surface area contributed by atoms with Crippen molar-refractivity contribution < 1.29 is 14.2 Å². The van der Waals surface area contributed by atoms with E-state index in [1.807, 2.05) is 0 Å². The summed E-state index contributed by atoms with van der Waals surface area (Å²) in [4.78, 5) is 0. The van der Waals surface area contributed by atoms with Crippen LogP contribution < -0.4 is 4.74 Å². The lowest BCUT2D eigenvalue weighted by Crippen LogP contribution is -1.96. The van der Waals surface area contributed by atoms with Crippen molar-refractivity contribution in [3.8, 4) is 11.5 Å². The van der Waals surface area contributed by atoms with Gasteiger partial charge in [0.05, 0.1) is 11.1 Å². The number of hydrogen-bond acceptors (Lipinski definition) is 2. The minimum Gasteiger partial charge on any atom is -0.457 e. The SMILES string of the molecule is CC(O)c1ccc(Br)cc1Oc1ccc(Cl)c(F)c1. The fraction of sp³-hybridized carbons (Fsp3) is 0.143. The Morgan fingerprint density at radius 3 is 2.63 bits per heavy atom. The van der Waals surface area contributed by atoms with E-state index in [0.29, 0.717) is 17.1 Å². The molecule has 0 saturated heterocycles. The fourth-order valence-electron chi connectivity index (χ4n) is 1.61. The smallest absolute Gasteiger partial charge is 0.145 e. The van der Waals surface area contributed by atoms with Gasteiger partial charge in [-0.05, 0) is 31.2 Å². The standard InChI is InChI=1S/C14H11BrClFO2/c1-8(18)11-4-2-9(15)6-14(11)19-10-3-5-12(16)13(17)7-10/h2-8,18H,1H3. The first-order chi connectivity index (χ1) is 8.97. The van der Waals surface area contributed by atoms with Crippen LogP contribution in [0.1, 0.15) is 18.6 Å². The summed E-state index contributed by atoms with van der Waals surface area (Å²) in [5, 5.41) is 9.72. The molecule has 5 heteroatoms. The Balaban J connectivity index is 2.36. The molecule has 1 unspecified atom stereocenters. The van der Waals surface area contributed by atoms with E-state index < -0.39 is 11.9 Å². The highest BCUT2D eigenvalue weighted by atomic mass is 79.9. The number of aliphatic hydroxyl groups is 1. The van der Waals surface area contributed by atoms with Crippen molar-refractivity contribution in [2.24, 2.45) is 0 Å². The zero-order chi connectivity index (χ0) is 14.0. The Morgan fingerprint density at radius 1 is 1.26 bits per heavy atom. The third kappa shape index (κ3) is 3.47. The molecule has 0 heterocycles. The van der Waals surface area contributed by atoms with Crippen LogP contribution in [0.2, 0.25) is 5.02 Å². The molecule has 2 rings (SSSR count). The van der Waals surface area contributed by atoms with Gasteiger partial charge in [-0.3, -0.25) is 0 Å². The third-order valence-corrected chi connectivity index (χ3v) is 3.34. The Hall–Kier alpha value is -1.10. The van der Waals surface area contributed by atoms with Crippen LogP contribution in [0.5, 0.6) is 11.5 Å². The zero-order valence-electron chi connectivity index (χ0n) is 10.0. The lowest BCUT2D eigenvalue weighted by atomic mass is 10.1. The fourth-order valence-corrected chi connectivity index (χ4v) is 2.07. The quantitative estimate of drug-likeness (QED) is 0.840. The van der Waals surface area contributed by atoms with Crippen LogP contribution in [0.25, 0.3) is 0 Å². The average molecular weight is 346 g/mol. The monoisotopic (exact) mass is 344 g/mol. The van der Waals surface area contributed by atoms with Gasteiger partial charge in [-0.25, -0.2) is 4.39 Å². The first-order valence-electron chi connectivity index (χ1n) is 5.58. The number of halogens is 3. The summed E-state index contributed by atoms with van der Waals surface area (Å²) >= 11 is 8.94. The van der Waals surface area contributed by atoms with Gasteiger partial charge in [0.1, 0.15) is 17.3 Å². The van der Waals surface area contributed by atoms with E-state index in [2.05, 4.69) is 15.9 Å². The molecular weight excluding hydrogens is 335 g/mol. The average Bonchev–Trinajstić information content (AvgIpc) is 2.33. The van der Waals surface area contributed by atoms with Crippen molar-refractivity contribution in [3.63, 3.8) is 0 Å². The molecule has 0 aromatic heterocycles. The molecule has 1 atom stereocenters. The highest BCUT2D eigenvalue weighted by molar-refractivity contribution is 9.10. The van der Waals surface area contributed by atoms with Gasteiger partial charge in [-0.15, -0.1) is 0 Å². The summed E-state index contributed by atoms with van der Waals surface area (Å²) in [6.45, 7) is 1.64. The van der Waals surface area contributed by atoms with E-state index >= 15 is 0 Å². The summed E-state index contributed by atoms with van der Waals surface area (Å²) in [7, 11) is 0. The normalized spacial score (nSPS) is 12.3. The predicted molar refractivity (Wildman–Crippen MR) is 76.3 cm³/mol. The van der Waals surface area contributed by atoms with Crippen LogP contribution in [0.4, 0.5) is 4.39 Å². The number of aliphatic hydroxyl groups excluding tert-OH is 1. The molecule has 0 aliphatic carbocycles. The minimum absolute atomic E-state index is 0.0392. The summed E-state index contributed by atoms with van der Waals surface area (Å²) < 4.78 is 19.8. The van der Waals surface area contributed by atoms with Gasteiger partial charge >= 0.3 is 0 Å². The molecule has 2 aromatic rings. The highest BCUT2D eigenvalue weighted by Gasteiger charge is 2.11. The maximum absolute atomic E-state index is 13.3. The molecule has 0 aliphatic rings. The van der Waals surface area contributed by atoms with Gasteiger partial charge in [-0.2, -0.15) is 0 Å². The number of ether oxygens (including phenoxy) is 1. The predicted octanol–water partition coefficient (Wildman–Crippen LogP) is 5.09. The maximum Gasteiger partial charge on any atom is 0.145 e. The zero-order valence-corrected chi connectivity index (χ0v) is 12.4. The largest absolute Gasteiger partial charge is 0.457 e. The molecule has 0 bridgehead atoms. The van der Waals surface area contributed by atoms with Crippen molar-refractivity contribution in [2.75, 3.05) is 0 Å². The number of benzene rings is 2. The Labute approximate surface area is 123 Å². The lowest BCUT2D eigenvalue weighted by molar-refractivity contribution is 0.195. The minimum atomic E-state index is -0.680. The topological polar surface area (TPSA) is 29.5 Å². The van der Waals surface area contributed by atoms with Gasteiger partial charge in [-0.1, -0.05) is 33.6 Å². The second-order valence-electron chi connectivity index (χ2n) is 4.04. The number of rotatable bonds is 3. The molecule has 0 saturated carbocycles. The van der Waals surface area contributed by atoms with Gasteiger partial charge in [0.25, 0.3) is 0 Å². The molecule has 2 aromatic carbocycles. The summed E-state index contributed by atoms with van der Waals surface area (Å²) in [6.07, 6.45) is -0.680. The maximum atomic E-state index is 13.3. The highest BCUT2D eigenvalue weighted by Crippen LogP contribution is 2.33.